The molecular formula is C11H9BrFNO2. The summed E-state index contributed by atoms with van der Waals surface area (Å²) in [6, 6.07) is 4.37. The Hall–Kier alpha value is -1.36. The second kappa shape index (κ2) is 3.90. The number of nitrogens with zero attached hydrogens (tertiary/aromatic N) is 1. The number of hydrogen-bond acceptors (Lipinski definition) is 2. The first-order valence-electron chi connectivity index (χ1n) is 4.63. The van der Waals surface area contributed by atoms with Crippen molar-refractivity contribution < 1.29 is 14.3 Å². The quantitative estimate of drug-likeness (QED) is 0.860. The van der Waals surface area contributed by atoms with E-state index >= 15 is 0 Å². The van der Waals surface area contributed by atoms with Crippen LogP contribution in [0.25, 0.3) is 5.57 Å². The number of carbonyl (C=O) groups is 1. The maximum absolute atomic E-state index is 13.6. The second-order valence-electron chi connectivity index (χ2n) is 3.61. The molecule has 0 radical (unpaired) electrons. The van der Waals surface area contributed by atoms with Gasteiger partial charge in [-0.05, 0) is 18.2 Å². The van der Waals surface area contributed by atoms with Crippen molar-refractivity contribution in [3.63, 3.8) is 0 Å². The van der Waals surface area contributed by atoms with Crippen molar-refractivity contribution in [2.45, 2.75) is 0 Å². The third-order valence-corrected chi connectivity index (χ3v) is 2.93. The van der Waals surface area contributed by atoms with Crippen molar-refractivity contribution in [1.29, 1.82) is 0 Å². The molecule has 0 saturated heterocycles. The van der Waals surface area contributed by atoms with Gasteiger partial charge in [-0.25, -0.2) is 4.39 Å². The molecule has 0 atom stereocenters. The Bertz CT molecular complexity index is 499. The van der Waals surface area contributed by atoms with Crippen LogP contribution < -0.4 is 0 Å². The number of hydrogen-bond donors (Lipinski definition) is 1. The molecule has 3 nitrogen and oxygen atoms in total. The van der Waals surface area contributed by atoms with Crippen LogP contribution in [-0.4, -0.2) is 29.5 Å². The highest BCUT2D eigenvalue weighted by atomic mass is 79.9. The van der Waals surface area contributed by atoms with Gasteiger partial charge in [0, 0.05) is 17.1 Å². The lowest BCUT2D eigenvalue weighted by molar-refractivity contribution is -0.122. The third-order valence-electron chi connectivity index (χ3n) is 2.44. The van der Waals surface area contributed by atoms with Crippen LogP contribution in [0, 0.1) is 5.82 Å². The van der Waals surface area contributed by atoms with E-state index in [0.717, 1.165) is 0 Å². The summed E-state index contributed by atoms with van der Waals surface area (Å²) < 4.78 is 14.2. The highest BCUT2D eigenvalue weighted by Crippen LogP contribution is 2.29. The molecule has 16 heavy (non-hydrogen) atoms. The Balaban J connectivity index is 2.53. The van der Waals surface area contributed by atoms with Crippen LogP contribution in [0.15, 0.2) is 28.4 Å². The molecule has 0 bridgehead atoms. The van der Waals surface area contributed by atoms with Gasteiger partial charge in [-0.2, -0.15) is 0 Å². The van der Waals surface area contributed by atoms with E-state index in [1.54, 1.807) is 13.1 Å². The molecule has 5 heteroatoms. The summed E-state index contributed by atoms with van der Waals surface area (Å²) in [6.07, 6.45) is 0. The number of benzene rings is 1. The summed E-state index contributed by atoms with van der Waals surface area (Å²) in [4.78, 5) is 13.0. The summed E-state index contributed by atoms with van der Waals surface area (Å²) >= 11 is 3.13. The first-order valence-corrected chi connectivity index (χ1v) is 5.43. The number of halogens is 2. The van der Waals surface area contributed by atoms with E-state index in [1.165, 1.54) is 17.0 Å². The maximum Gasteiger partial charge on any atom is 0.258 e. The number of rotatable bonds is 1. The van der Waals surface area contributed by atoms with Gasteiger partial charge in [-0.15, -0.1) is 0 Å². The first-order chi connectivity index (χ1) is 7.50. The smallest absolute Gasteiger partial charge is 0.258 e. The highest BCUT2D eigenvalue weighted by molar-refractivity contribution is 9.10. The van der Waals surface area contributed by atoms with Crippen molar-refractivity contribution in [3.05, 3.63) is 39.8 Å². The van der Waals surface area contributed by atoms with E-state index < -0.39 is 5.82 Å². The monoisotopic (exact) mass is 285 g/mol. The summed E-state index contributed by atoms with van der Waals surface area (Å²) in [5.74, 6) is -0.980. The molecule has 0 aliphatic carbocycles. The molecule has 1 aliphatic heterocycles. The SMILES string of the molecule is CN1CC(O)=C(c2ccc(Br)cc2F)C1=O. The lowest BCUT2D eigenvalue weighted by Crippen LogP contribution is -2.21. The average molecular weight is 286 g/mol. The molecule has 1 amide bonds. The number of aliphatic hydroxyl groups excluding tert-OH is 1. The van der Waals surface area contributed by atoms with Crippen molar-refractivity contribution in [2.75, 3.05) is 13.6 Å². The molecule has 0 fully saturated rings. The van der Waals surface area contributed by atoms with Gasteiger partial charge in [0.2, 0.25) is 0 Å². The Kier molecular flexibility index (Phi) is 2.71. The van der Waals surface area contributed by atoms with Gasteiger partial charge in [0.25, 0.3) is 5.91 Å². The van der Waals surface area contributed by atoms with Crippen molar-refractivity contribution in [2.24, 2.45) is 0 Å². The summed E-state index contributed by atoms with van der Waals surface area (Å²) in [5.41, 5.74) is 0.183. The fourth-order valence-electron chi connectivity index (χ4n) is 1.65. The normalized spacial score (nSPS) is 16.2. The maximum atomic E-state index is 13.6. The number of likely N-dealkylation sites (N-methyl/N-ethyl adjacent to an activating group) is 1. The van der Waals surface area contributed by atoms with Gasteiger partial charge in [0.1, 0.15) is 11.6 Å². The van der Waals surface area contributed by atoms with Gasteiger partial charge in [0.05, 0.1) is 12.1 Å². The van der Waals surface area contributed by atoms with E-state index in [1.807, 2.05) is 0 Å². The molecule has 2 rings (SSSR count). The van der Waals surface area contributed by atoms with E-state index in [9.17, 15) is 14.3 Å². The van der Waals surface area contributed by atoms with Crippen LogP contribution in [0.4, 0.5) is 4.39 Å². The van der Waals surface area contributed by atoms with Crippen LogP contribution in [0.3, 0.4) is 0 Å². The van der Waals surface area contributed by atoms with Gasteiger partial charge < -0.3 is 10.0 Å². The Morgan fingerprint density at radius 3 is 2.69 bits per heavy atom. The molecule has 1 aliphatic rings. The predicted molar refractivity (Wildman–Crippen MR) is 61.3 cm³/mol. The molecule has 1 N–H and O–H groups in total. The van der Waals surface area contributed by atoms with Crippen LogP contribution >= 0.6 is 15.9 Å². The molecule has 0 unspecified atom stereocenters. The Morgan fingerprint density at radius 2 is 2.19 bits per heavy atom. The van der Waals surface area contributed by atoms with Gasteiger partial charge in [-0.3, -0.25) is 4.79 Å². The van der Waals surface area contributed by atoms with Crippen molar-refractivity contribution in [1.82, 2.24) is 4.90 Å². The van der Waals surface area contributed by atoms with E-state index in [-0.39, 0.29) is 29.3 Å². The predicted octanol–water partition coefficient (Wildman–Crippen LogP) is 2.33. The van der Waals surface area contributed by atoms with Crippen molar-refractivity contribution in [3.8, 4) is 0 Å². The minimum absolute atomic E-state index is 0.0486. The Labute approximate surface area is 100 Å². The van der Waals surface area contributed by atoms with E-state index in [2.05, 4.69) is 15.9 Å². The molecule has 1 heterocycles. The molecule has 1 aromatic rings. The zero-order chi connectivity index (χ0) is 11.9. The highest BCUT2D eigenvalue weighted by Gasteiger charge is 2.30. The van der Waals surface area contributed by atoms with Crippen LogP contribution in [0.2, 0.25) is 0 Å². The molecule has 0 aromatic heterocycles. The van der Waals surface area contributed by atoms with E-state index in [0.29, 0.717) is 4.47 Å². The zero-order valence-electron chi connectivity index (χ0n) is 8.50. The number of amides is 1. The van der Waals surface area contributed by atoms with Gasteiger partial charge in [0.15, 0.2) is 0 Å². The minimum atomic E-state index is -0.528. The number of aliphatic hydroxyl groups is 1. The topological polar surface area (TPSA) is 40.5 Å². The van der Waals surface area contributed by atoms with Crippen LogP contribution in [-0.2, 0) is 4.79 Å². The summed E-state index contributed by atoms with van der Waals surface area (Å²) in [5, 5.41) is 9.62. The average Bonchev–Trinajstić information content (AvgIpc) is 2.43. The largest absolute Gasteiger partial charge is 0.510 e. The second-order valence-corrected chi connectivity index (χ2v) is 4.52. The van der Waals surface area contributed by atoms with Gasteiger partial charge >= 0.3 is 0 Å². The molecule has 0 saturated carbocycles. The summed E-state index contributed by atoms with van der Waals surface area (Å²) in [6.45, 7) is 0.129. The third kappa shape index (κ3) is 1.71. The fraction of sp³-hybridized carbons (Fsp3) is 0.182. The fourth-order valence-corrected chi connectivity index (χ4v) is 1.99. The zero-order valence-corrected chi connectivity index (χ0v) is 10.1. The number of carbonyl (C=O) groups excluding carboxylic acids is 1. The Morgan fingerprint density at radius 1 is 1.50 bits per heavy atom. The standard InChI is InChI=1S/C11H9BrFNO2/c1-14-5-9(15)10(11(14)16)7-3-2-6(12)4-8(7)13/h2-4,15H,5H2,1H3. The molecular weight excluding hydrogens is 277 g/mol. The summed E-state index contributed by atoms with van der Waals surface area (Å²) in [7, 11) is 1.56. The van der Waals surface area contributed by atoms with E-state index in [4.69, 9.17) is 0 Å². The lowest BCUT2D eigenvalue weighted by Gasteiger charge is -2.08. The van der Waals surface area contributed by atoms with Gasteiger partial charge in [-0.1, -0.05) is 15.9 Å². The van der Waals surface area contributed by atoms with Crippen molar-refractivity contribution >= 4 is 27.4 Å². The van der Waals surface area contributed by atoms with Crippen LogP contribution in [0.5, 0.6) is 0 Å². The first kappa shape index (κ1) is 11.1. The molecule has 0 spiro atoms. The lowest BCUT2D eigenvalue weighted by atomic mass is 10.1. The minimum Gasteiger partial charge on any atom is -0.510 e. The molecule has 84 valence electrons. The van der Waals surface area contributed by atoms with Crippen LogP contribution in [0.1, 0.15) is 5.56 Å². The molecule has 1 aromatic carbocycles.